The Hall–Kier alpha value is -2.69. The number of hydrogen-bond acceptors (Lipinski definition) is 7. The van der Waals surface area contributed by atoms with Gasteiger partial charge in [-0.05, 0) is 44.2 Å². The number of sulfonamides is 1. The number of rotatable bonds is 7. The maximum Gasteiger partial charge on any atom is 0.277 e. The first-order valence-electron chi connectivity index (χ1n) is 9.74. The predicted molar refractivity (Wildman–Crippen MR) is 120 cm³/mol. The standard InChI is InChI=1S/C21H23N5O3S2/c1-5-26-18-11-10-16(31(27,28)25(3)4)12-17(18)22-19(26)13-30-21-24-23-20(29-21)15-8-6-14(2)7-9-15/h6-12H,5,13H2,1-4H3. The molecule has 0 amide bonds. The van der Waals surface area contributed by atoms with Crippen LogP contribution in [0.5, 0.6) is 0 Å². The van der Waals surface area contributed by atoms with Gasteiger partial charge in [-0.3, -0.25) is 0 Å². The summed E-state index contributed by atoms with van der Waals surface area (Å²) in [5, 5.41) is 8.72. The molecule has 31 heavy (non-hydrogen) atoms. The summed E-state index contributed by atoms with van der Waals surface area (Å²) < 4.78 is 33.9. The summed E-state index contributed by atoms with van der Waals surface area (Å²) in [4.78, 5) is 4.90. The van der Waals surface area contributed by atoms with Crippen LogP contribution in [0.1, 0.15) is 18.3 Å². The lowest BCUT2D eigenvalue weighted by atomic mass is 10.1. The van der Waals surface area contributed by atoms with Crippen LogP contribution in [-0.4, -0.2) is 46.6 Å². The van der Waals surface area contributed by atoms with Crippen molar-refractivity contribution in [1.29, 1.82) is 0 Å². The molecule has 162 valence electrons. The molecule has 0 fully saturated rings. The van der Waals surface area contributed by atoms with Gasteiger partial charge in [0.2, 0.25) is 15.9 Å². The third-order valence-electron chi connectivity index (χ3n) is 4.92. The van der Waals surface area contributed by atoms with E-state index in [9.17, 15) is 8.42 Å². The molecule has 0 saturated carbocycles. The quantitative estimate of drug-likeness (QED) is 0.388. The van der Waals surface area contributed by atoms with Crippen LogP contribution in [0.25, 0.3) is 22.5 Å². The van der Waals surface area contributed by atoms with Crippen LogP contribution in [0.2, 0.25) is 0 Å². The zero-order chi connectivity index (χ0) is 22.2. The number of nitrogens with zero attached hydrogens (tertiary/aromatic N) is 5. The molecule has 0 radical (unpaired) electrons. The van der Waals surface area contributed by atoms with Gasteiger partial charge >= 0.3 is 0 Å². The van der Waals surface area contributed by atoms with Gasteiger partial charge in [0.15, 0.2) is 0 Å². The minimum atomic E-state index is -3.51. The number of aromatic nitrogens is 4. The molecule has 0 bridgehead atoms. The largest absolute Gasteiger partial charge is 0.411 e. The minimum absolute atomic E-state index is 0.226. The van der Waals surface area contributed by atoms with Crippen LogP contribution in [0.15, 0.2) is 57.0 Å². The Morgan fingerprint density at radius 2 is 1.84 bits per heavy atom. The summed E-state index contributed by atoms with van der Waals surface area (Å²) in [6, 6.07) is 12.9. The molecule has 0 N–H and O–H groups in total. The molecular formula is C21H23N5O3S2. The number of imidazole rings is 1. The molecule has 4 aromatic rings. The normalized spacial score (nSPS) is 12.2. The molecule has 0 spiro atoms. The lowest BCUT2D eigenvalue weighted by Crippen LogP contribution is -2.22. The van der Waals surface area contributed by atoms with E-state index in [2.05, 4.69) is 19.7 Å². The molecule has 2 aromatic carbocycles. The average Bonchev–Trinajstić information content (AvgIpc) is 3.36. The fraction of sp³-hybridized carbons (Fsp3) is 0.286. The van der Waals surface area contributed by atoms with E-state index in [4.69, 9.17) is 4.42 Å². The average molecular weight is 458 g/mol. The number of benzene rings is 2. The lowest BCUT2D eigenvalue weighted by molar-refractivity contribution is 0.465. The van der Waals surface area contributed by atoms with Gasteiger partial charge in [0.05, 0.1) is 21.7 Å². The summed E-state index contributed by atoms with van der Waals surface area (Å²) in [7, 11) is -0.484. The van der Waals surface area contributed by atoms with Crippen molar-refractivity contribution >= 4 is 32.8 Å². The first kappa shape index (κ1) is 21.5. The highest BCUT2D eigenvalue weighted by Gasteiger charge is 2.20. The molecule has 0 aliphatic heterocycles. The van der Waals surface area contributed by atoms with Crippen molar-refractivity contribution in [3.63, 3.8) is 0 Å². The predicted octanol–water partition coefficient (Wildman–Crippen LogP) is 3.96. The summed E-state index contributed by atoms with van der Waals surface area (Å²) in [5.74, 6) is 1.82. The van der Waals surface area contributed by atoms with Gasteiger partial charge in [0.1, 0.15) is 5.82 Å². The molecule has 0 aliphatic rings. The Balaban J connectivity index is 1.58. The number of hydrogen-bond donors (Lipinski definition) is 0. The molecule has 0 saturated heterocycles. The SMILES string of the molecule is CCn1c(CSc2nnc(-c3ccc(C)cc3)o2)nc2cc(S(=O)(=O)N(C)C)ccc21. The zero-order valence-corrected chi connectivity index (χ0v) is 19.4. The van der Waals surface area contributed by atoms with E-state index < -0.39 is 10.0 Å². The Kier molecular flexibility index (Phi) is 5.87. The Labute approximate surface area is 185 Å². The molecule has 4 rings (SSSR count). The fourth-order valence-corrected chi connectivity index (χ4v) is 4.83. The maximum absolute atomic E-state index is 12.4. The van der Waals surface area contributed by atoms with E-state index >= 15 is 0 Å². The van der Waals surface area contributed by atoms with E-state index in [0.29, 0.717) is 28.9 Å². The van der Waals surface area contributed by atoms with Gasteiger partial charge in [-0.25, -0.2) is 17.7 Å². The number of fused-ring (bicyclic) bond motifs is 1. The van der Waals surface area contributed by atoms with Crippen LogP contribution in [-0.2, 0) is 22.3 Å². The minimum Gasteiger partial charge on any atom is -0.411 e. The van der Waals surface area contributed by atoms with Crippen molar-refractivity contribution in [2.75, 3.05) is 14.1 Å². The van der Waals surface area contributed by atoms with Gasteiger partial charge in [-0.1, -0.05) is 29.5 Å². The number of aryl methyl sites for hydroxylation is 2. The first-order chi connectivity index (χ1) is 14.8. The first-order valence-corrected chi connectivity index (χ1v) is 12.2. The van der Waals surface area contributed by atoms with Gasteiger partial charge in [-0.15, -0.1) is 10.2 Å². The molecule has 8 nitrogen and oxygen atoms in total. The van der Waals surface area contributed by atoms with Crippen molar-refractivity contribution in [2.45, 2.75) is 36.3 Å². The highest BCUT2D eigenvalue weighted by Crippen LogP contribution is 2.28. The summed E-state index contributed by atoms with van der Waals surface area (Å²) >= 11 is 1.40. The highest BCUT2D eigenvalue weighted by atomic mass is 32.2. The van der Waals surface area contributed by atoms with Gasteiger partial charge in [0.25, 0.3) is 5.22 Å². The molecule has 10 heteroatoms. The van der Waals surface area contributed by atoms with Crippen LogP contribution < -0.4 is 0 Å². The maximum atomic E-state index is 12.4. The Morgan fingerprint density at radius 3 is 2.52 bits per heavy atom. The highest BCUT2D eigenvalue weighted by molar-refractivity contribution is 7.98. The third kappa shape index (κ3) is 4.23. The van der Waals surface area contributed by atoms with Gasteiger partial charge in [-0.2, -0.15) is 0 Å². The van der Waals surface area contributed by atoms with E-state index in [1.165, 1.54) is 30.2 Å². The van der Waals surface area contributed by atoms with Crippen LogP contribution in [0.4, 0.5) is 0 Å². The Bertz CT molecular complexity index is 1330. The Morgan fingerprint density at radius 1 is 1.10 bits per heavy atom. The molecule has 2 aromatic heterocycles. The molecular weight excluding hydrogens is 434 g/mol. The van der Waals surface area contributed by atoms with E-state index in [1.807, 2.05) is 38.1 Å². The topological polar surface area (TPSA) is 94.1 Å². The third-order valence-corrected chi connectivity index (χ3v) is 7.55. The van der Waals surface area contributed by atoms with Crippen molar-refractivity contribution in [3.8, 4) is 11.5 Å². The van der Waals surface area contributed by atoms with Gasteiger partial charge < -0.3 is 8.98 Å². The second-order valence-electron chi connectivity index (χ2n) is 7.24. The van der Waals surface area contributed by atoms with Crippen LogP contribution >= 0.6 is 11.8 Å². The van der Waals surface area contributed by atoms with Crippen LogP contribution in [0, 0.1) is 6.92 Å². The molecule has 2 heterocycles. The fourth-order valence-electron chi connectivity index (χ4n) is 3.20. The van der Waals surface area contributed by atoms with Crippen molar-refractivity contribution in [2.24, 2.45) is 0 Å². The lowest BCUT2D eigenvalue weighted by Gasteiger charge is -2.11. The van der Waals surface area contributed by atoms with E-state index in [0.717, 1.165) is 22.5 Å². The zero-order valence-electron chi connectivity index (χ0n) is 17.7. The van der Waals surface area contributed by atoms with E-state index in [1.54, 1.807) is 18.2 Å². The smallest absolute Gasteiger partial charge is 0.277 e. The number of thioether (sulfide) groups is 1. The monoisotopic (exact) mass is 457 g/mol. The van der Waals surface area contributed by atoms with Crippen molar-refractivity contribution < 1.29 is 12.8 Å². The molecule has 0 unspecified atom stereocenters. The van der Waals surface area contributed by atoms with Gasteiger partial charge in [0, 0.05) is 26.2 Å². The summed E-state index contributed by atoms with van der Waals surface area (Å²) in [6.45, 7) is 4.77. The second-order valence-corrected chi connectivity index (χ2v) is 10.3. The second kappa shape index (κ2) is 8.45. The van der Waals surface area contributed by atoms with Crippen molar-refractivity contribution in [3.05, 3.63) is 53.9 Å². The summed E-state index contributed by atoms with van der Waals surface area (Å²) in [5.41, 5.74) is 3.58. The van der Waals surface area contributed by atoms with Crippen LogP contribution in [0.3, 0.4) is 0 Å². The molecule has 0 aliphatic carbocycles. The van der Waals surface area contributed by atoms with E-state index in [-0.39, 0.29) is 4.90 Å². The van der Waals surface area contributed by atoms with Crippen molar-refractivity contribution in [1.82, 2.24) is 24.1 Å². The summed E-state index contributed by atoms with van der Waals surface area (Å²) in [6.07, 6.45) is 0. The molecule has 0 atom stereocenters.